The van der Waals surface area contributed by atoms with Crippen LogP contribution >= 0.6 is 0 Å². The van der Waals surface area contributed by atoms with Gasteiger partial charge in [-0.25, -0.2) is 4.79 Å². The second kappa shape index (κ2) is 6.34. The van der Waals surface area contributed by atoms with Gasteiger partial charge in [-0.2, -0.15) is 0 Å². The van der Waals surface area contributed by atoms with Crippen molar-refractivity contribution in [2.45, 2.75) is 25.8 Å². The molecule has 7 heteroatoms. The van der Waals surface area contributed by atoms with E-state index < -0.39 is 0 Å². The molecule has 1 fully saturated rings. The molecule has 18 heavy (non-hydrogen) atoms. The largest absolute Gasteiger partial charge is 0.336 e. The van der Waals surface area contributed by atoms with Gasteiger partial charge >= 0.3 is 6.03 Å². The number of nitrogens with two attached hydrogens (primary N) is 1. The Morgan fingerprint density at radius 1 is 1.39 bits per heavy atom. The Balaban J connectivity index is 1.74. The van der Waals surface area contributed by atoms with Crippen LogP contribution < -0.4 is 11.1 Å². The predicted octanol–water partition coefficient (Wildman–Crippen LogP) is -0.415. The molecular formula is C11H20N6O. The molecule has 0 spiro atoms. The molecule has 0 saturated carbocycles. The maximum absolute atomic E-state index is 11.3. The summed E-state index contributed by atoms with van der Waals surface area (Å²) in [5, 5.41) is 10.9. The standard InChI is InChI=1S/C11H20N6O/c12-4-2-1-3-10-9-17(15-14-10)8-7-16-6-5-13-11(16)18/h9H,1-8,12H2,(H,13,18). The van der Waals surface area contributed by atoms with E-state index >= 15 is 0 Å². The van der Waals surface area contributed by atoms with Crippen LogP contribution in [0.25, 0.3) is 0 Å². The first kappa shape index (κ1) is 12.8. The topological polar surface area (TPSA) is 89.1 Å². The number of aryl methyl sites for hydroxylation is 1. The highest BCUT2D eigenvalue weighted by Gasteiger charge is 2.18. The molecule has 2 heterocycles. The quantitative estimate of drug-likeness (QED) is 0.645. The lowest BCUT2D eigenvalue weighted by Gasteiger charge is -2.12. The van der Waals surface area contributed by atoms with Crippen LogP contribution in [0.15, 0.2) is 6.20 Å². The summed E-state index contributed by atoms with van der Waals surface area (Å²) in [6.45, 7) is 3.60. The van der Waals surface area contributed by atoms with Gasteiger partial charge in [-0.1, -0.05) is 5.21 Å². The summed E-state index contributed by atoms with van der Waals surface area (Å²) in [5.74, 6) is 0. The van der Waals surface area contributed by atoms with Crippen LogP contribution in [-0.4, -0.2) is 52.1 Å². The fourth-order valence-corrected chi connectivity index (χ4v) is 1.96. The van der Waals surface area contributed by atoms with Crippen molar-refractivity contribution in [1.82, 2.24) is 25.2 Å². The molecule has 0 radical (unpaired) electrons. The van der Waals surface area contributed by atoms with Gasteiger partial charge in [0.1, 0.15) is 0 Å². The summed E-state index contributed by atoms with van der Waals surface area (Å²) in [6, 6.07) is 0.0123. The molecule has 3 N–H and O–H groups in total. The molecule has 0 atom stereocenters. The summed E-state index contributed by atoms with van der Waals surface area (Å²) >= 11 is 0. The second-order valence-corrected chi connectivity index (χ2v) is 4.44. The molecule has 1 saturated heterocycles. The number of unbranched alkanes of at least 4 members (excludes halogenated alkanes) is 1. The van der Waals surface area contributed by atoms with Gasteiger partial charge < -0.3 is 16.0 Å². The average Bonchev–Trinajstić information content (AvgIpc) is 2.96. The normalized spacial score (nSPS) is 15.2. The van der Waals surface area contributed by atoms with E-state index in [9.17, 15) is 4.79 Å². The molecule has 2 rings (SSSR count). The Kier molecular flexibility index (Phi) is 4.52. The molecule has 1 aliphatic heterocycles. The van der Waals surface area contributed by atoms with Crippen LogP contribution in [0.5, 0.6) is 0 Å². The van der Waals surface area contributed by atoms with Crippen LogP contribution in [0, 0.1) is 0 Å². The molecule has 1 aromatic rings. The highest BCUT2D eigenvalue weighted by molar-refractivity contribution is 5.76. The van der Waals surface area contributed by atoms with E-state index in [1.165, 1.54) is 0 Å². The maximum atomic E-state index is 11.3. The third kappa shape index (κ3) is 3.43. The van der Waals surface area contributed by atoms with Crippen LogP contribution in [0.1, 0.15) is 18.5 Å². The molecule has 7 nitrogen and oxygen atoms in total. The van der Waals surface area contributed by atoms with Crippen molar-refractivity contribution in [3.05, 3.63) is 11.9 Å². The van der Waals surface area contributed by atoms with Gasteiger partial charge in [0.05, 0.1) is 12.2 Å². The Bertz CT molecular complexity index is 391. The number of hydrogen-bond donors (Lipinski definition) is 2. The Morgan fingerprint density at radius 2 is 2.28 bits per heavy atom. The fourth-order valence-electron chi connectivity index (χ4n) is 1.96. The zero-order chi connectivity index (χ0) is 12.8. The highest BCUT2D eigenvalue weighted by Crippen LogP contribution is 2.01. The van der Waals surface area contributed by atoms with Gasteiger partial charge in [0.15, 0.2) is 0 Å². The minimum absolute atomic E-state index is 0.0123. The molecule has 2 amide bonds. The monoisotopic (exact) mass is 252 g/mol. The molecule has 0 unspecified atom stereocenters. The lowest BCUT2D eigenvalue weighted by atomic mass is 10.2. The van der Waals surface area contributed by atoms with Crippen LogP contribution in [0.4, 0.5) is 4.79 Å². The van der Waals surface area contributed by atoms with Gasteiger partial charge in [0.2, 0.25) is 0 Å². The first-order valence-corrected chi connectivity index (χ1v) is 6.41. The minimum atomic E-state index is 0.0123. The Hall–Kier alpha value is -1.63. The number of carbonyl (C=O) groups is 1. The summed E-state index contributed by atoms with van der Waals surface area (Å²) in [6.07, 6.45) is 4.93. The first-order valence-electron chi connectivity index (χ1n) is 6.41. The van der Waals surface area contributed by atoms with E-state index in [0.29, 0.717) is 13.1 Å². The van der Waals surface area contributed by atoms with Crippen LogP contribution in [0.2, 0.25) is 0 Å². The van der Waals surface area contributed by atoms with Crippen molar-refractivity contribution < 1.29 is 4.79 Å². The summed E-state index contributed by atoms with van der Waals surface area (Å²) < 4.78 is 1.80. The number of aromatic nitrogens is 3. The molecule has 0 bridgehead atoms. The van der Waals surface area contributed by atoms with Crippen molar-refractivity contribution in [3.63, 3.8) is 0 Å². The predicted molar refractivity (Wildman–Crippen MR) is 67.0 cm³/mol. The van der Waals surface area contributed by atoms with Crippen molar-refractivity contribution in [3.8, 4) is 0 Å². The maximum Gasteiger partial charge on any atom is 0.317 e. The summed E-state index contributed by atoms with van der Waals surface area (Å²) in [7, 11) is 0. The van der Waals surface area contributed by atoms with E-state index in [1.807, 2.05) is 6.20 Å². The molecule has 100 valence electrons. The molecule has 0 aliphatic carbocycles. The van der Waals surface area contributed by atoms with Gasteiger partial charge in [0, 0.05) is 25.8 Å². The highest BCUT2D eigenvalue weighted by atomic mass is 16.2. The average molecular weight is 252 g/mol. The van der Waals surface area contributed by atoms with Gasteiger partial charge in [-0.05, 0) is 25.8 Å². The number of urea groups is 1. The lowest BCUT2D eigenvalue weighted by molar-refractivity contribution is 0.215. The van der Waals surface area contributed by atoms with Crippen molar-refractivity contribution in [2.75, 3.05) is 26.2 Å². The number of hydrogen-bond acceptors (Lipinski definition) is 4. The smallest absolute Gasteiger partial charge is 0.317 e. The Labute approximate surface area is 106 Å². The third-order valence-electron chi connectivity index (χ3n) is 3.02. The van der Waals surface area contributed by atoms with Gasteiger partial charge in [-0.15, -0.1) is 5.10 Å². The van der Waals surface area contributed by atoms with E-state index in [4.69, 9.17) is 5.73 Å². The number of amides is 2. The van der Waals surface area contributed by atoms with Crippen molar-refractivity contribution >= 4 is 6.03 Å². The molecule has 0 aromatic carbocycles. The minimum Gasteiger partial charge on any atom is -0.336 e. The van der Waals surface area contributed by atoms with Crippen molar-refractivity contribution in [1.29, 1.82) is 0 Å². The summed E-state index contributed by atoms with van der Waals surface area (Å²) in [4.78, 5) is 13.1. The van der Waals surface area contributed by atoms with E-state index in [0.717, 1.165) is 44.6 Å². The van der Waals surface area contributed by atoms with Gasteiger partial charge in [0.25, 0.3) is 0 Å². The van der Waals surface area contributed by atoms with Crippen LogP contribution in [0.3, 0.4) is 0 Å². The number of carbonyl (C=O) groups excluding carboxylic acids is 1. The van der Waals surface area contributed by atoms with Crippen LogP contribution in [-0.2, 0) is 13.0 Å². The second-order valence-electron chi connectivity index (χ2n) is 4.44. The first-order chi connectivity index (χ1) is 8.79. The van der Waals surface area contributed by atoms with E-state index in [2.05, 4.69) is 15.6 Å². The lowest BCUT2D eigenvalue weighted by Crippen LogP contribution is -2.31. The Morgan fingerprint density at radius 3 is 3.00 bits per heavy atom. The SMILES string of the molecule is NCCCCc1cn(CCN2CCNC2=O)nn1. The third-order valence-corrected chi connectivity index (χ3v) is 3.02. The number of rotatable bonds is 7. The molecular weight excluding hydrogens is 232 g/mol. The fraction of sp³-hybridized carbons (Fsp3) is 0.727. The molecule has 1 aromatic heterocycles. The number of nitrogens with zero attached hydrogens (tertiary/aromatic N) is 4. The summed E-state index contributed by atoms with van der Waals surface area (Å²) in [5.41, 5.74) is 6.44. The van der Waals surface area contributed by atoms with E-state index in [1.54, 1.807) is 9.58 Å². The zero-order valence-electron chi connectivity index (χ0n) is 10.5. The van der Waals surface area contributed by atoms with Crippen molar-refractivity contribution in [2.24, 2.45) is 5.73 Å². The number of nitrogens with one attached hydrogen (secondary N) is 1. The van der Waals surface area contributed by atoms with E-state index in [-0.39, 0.29) is 6.03 Å². The molecule has 1 aliphatic rings. The zero-order valence-corrected chi connectivity index (χ0v) is 10.5. The van der Waals surface area contributed by atoms with Gasteiger partial charge in [-0.3, -0.25) is 4.68 Å².